The molecule has 1 amide bonds. The number of nitrogens with two attached hydrogens (primary N) is 1. The molecule has 0 heterocycles. The minimum atomic E-state index is -0.00708. The minimum Gasteiger partial charge on any atom is -0.348 e. The summed E-state index contributed by atoms with van der Waals surface area (Å²) < 4.78 is 0. The van der Waals surface area contributed by atoms with Crippen LogP contribution in [0.15, 0.2) is 24.3 Å². The van der Waals surface area contributed by atoms with Gasteiger partial charge in [0.05, 0.1) is 6.54 Å². The number of hydrogen-bond donors (Lipinski definition) is 2. The summed E-state index contributed by atoms with van der Waals surface area (Å²) in [5.41, 5.74) is 6.86. The average Bonchev–Trinajstić information content (AvgIpc) is 2.92. The fourth-order valence-electron chi connectivity index (χ4n) is 2.52. The van der Waals surface area contributed by atoms with Gasteiger partial charge in [0.2, 0.25) is 0 Å². The van der Waals surface area contributed by atoms with Crippen LogP contribution in [0.4, 0.5) is 0 Å². The first-order chi connectivity index (χ1) is 9.74. The fraction of sp³-hybridized carbons (Fsp3) is 0.438. The van der Waals surface area contributed by atoms with Crippen LogP contribution in [0.1, 0.15) is 35.2 Å². The lowest BCUT2D eigenvalue weighted by atomic mass is 10.1. The molecule has 0 spiro atoms. The molecule has 3 nitrogen and oxygen atoms in total. The van der Waals surface area contributed by atoms with Gasteiger partial charge in [0.25, 0.3) is 5.91 Å². The molecule has 1 fully saturated rings. The SMILES string of the molecule is CSC1CCCC1NC(=O)c1cccc(C#CCN)c1. The van der Waals surface area contributed by atoms with Crippen LogP contribution in [0.5, 0.6) is 0 Å². The molecule has 1 aromatic rings. The Kier molecular flexibility index (Phi) is 5.51. The monoisotopic (exact) mass is 288 g/mol. The topological polar surface area (TPSA) is 55.1 Å². The maximum atomic E-state index is 12.3. The molecule has 2 rings (SSSR count). The number of hydrogen-bond acceptors (Lipinski definition) is 3. The van der Waals surface area contributed by atoms with E-state index in [0.717, 1.165) is 12.0 Å². The lowest BCUT2D eigenvalue weighted by Gasteiger charge is -2.19. The summed E-state index contributed by atoms with van der Waals surface area (Å²) in [5.74, 6) is 5.75. The van der Waals surface area contributed by atoms with Crippen molar-refractivity contribution in [2.75, 3.05) is 12.8 Å². The molecular formula is C16H20N2OS. The first-order valence-electron chi connectivity index (χ1n) is 6.87. The molecule has 0 bridgehead atoms. The molecule has 3 N–H and O–H groups in total. The number of thioether (sulfide) groups is 1. The quantitative estimate of drug-likeness (QED) is 0.837. The Hall–Kier alpha value is -1.44. The molecule has 0 aromatic heterocycles. The van der Waals surface area contributed by atoms with Crippen molar-refractivity contribution < 1.29 is 4.79 Å². The summed E-state index contributed by atoms with van der Waals surface area (Å²) in [5, 5.41) is 3.69. The highest BCUT2D eigenvalue weighted by atomic mass is 32.2. The molecule has 1 saturated carbocycles. The van der Waals surface area contributed by atoms with Gasteiger partial charge in [-0.15, -0.1) is 0 Å². The van der Waals surface area contributed by atoms with Gasteiger partial charge in [0.15, 0.2) is 0 Å². The van der Waals surface area contributed by atoms with E-state index in [1.807, 2.05) is 36.0 Å². The van der Waals surface area contributed by atoms with Gasteiger partial charge in [0.1, 0.15) is 0 Å². The standard InChI is InChI=1S/C16H20N2OS/c1-20-15-9-3-8-14(15)18-16(19)13-7-2-5-12(11-13)6-4-10-17/h2,5,7,11,14-15H,3,8-10,17H2,1H3,(H,18,19). The number of nitrogens with one attached hydrogen (secondary N) is 1. The summed E-state index contributed by atoms with van der Waals surface area (Å²) in [7, 11) is 0. The van der Waals surface area contributed by atoms with Crippen molar-refractivity contribution in [2.24, 2.45) is 5.73 Å². The van der Waals surface area contributed by atoms with Crippen LogP contribution in [0.25, 0.3) is 0 Å². The van der Waals surface area contributed by atoms with E-state index >= 15 is 0 Å². The molecule has 0 aliphatic heterocycles. The molecule has 2 unspecified atom stereocenters. The zero-order valence-corrected chi connectivity index (χ0v) is 12.5. The summed E-state index contributed by atoms with van der Waals surface area (Å²) in [4.78, 5) is 12.3. The molecular weight excluding hydrogens is 268 g/mol. The van der Waals surface area contributed by atoms with Gasteiger partial charge in [-0.2, -0.15) is 11.8 Å². The van der Waals surface area contributed by atoms with E-state index < -0.39 is 0 Å². The van der Waals surface area contributed by atoms with E-state index in [9.17, 15) is 4.79 Å². The first-order valence-corrected chi connectivity index (χ1v) is 8.16. The van der Waals surface area contributed by atoms with Gasteiger partial charge in [-0.1, -0.05) is 24.3 Å². The number of carbonyl (C=O) groups is 1. The predicted octanol–water partition coefficient (Wildman–Crippen LogP) is 2.01. The van der Waals surface area contributed by atoms with Gasteiger partial charge in [0, 0.05) is 22.4 Å². The third kappa shape index (κ3) is 3.78. The summed E-state index contributed by atoms with van der Waals surface area (Å²) in [6.45, 7) is 0.327. The molecule has 1 aliphatic rings. The maximum Gasteiger partial charge on any atom is 0.251 e. The Morgan fingerprint density at radius 2 is 2.35 bits per heavy atom. The highest BCUT2D eigenvalue weighted by molar-refractivity contribution is 7.99. The van der Waals surface area contributed by atoms with Crippen molar-refractivity contribution in [3.05, 3.63) is 35.4 Å². The largest absolute Gasteiger partial charge is 0.348 e. The van der Waals surface area contributed by atoms with Crippen molar-refractivity contribution >= 4 is 17.7 Å². The third-order valence-corrected chi connectivity index (χ3v) is 4.70. The van der Waals surface area contributed by atoms with E-state index in [2.05, 4.69) is 23.4 Å². The molecule has 106 valence electrons. The van der Waals surface area contributed by atoms with Crippen LogP contribution in [-0.2, 0) is 0 Å². The molecule has 0 saturated heterocycles. The molecule has 2 atom stereocenters. The van der Waals surface area contributed by atoms with Crippen LogP contribution in [0.2, 0.25) is 0 Å². The van der Waals surface area contributed by atoms with E-state index in [-0.39, 0.29) is 11.9 Å². The maximum absolute atomic E-state index is 12.3. The Bertz CT molecular complexity index is 533. The van der Waals surface area contributed by atoms with Crippen molar-refractivity contribution in [1.29, 1.82) is 0 Å². The van der Waals surface area contributed by atoms with Crippen molar-refractivity contribution in [3.63, 3.8) is 0 Å². The Morgan fingerprint density at radius 3 is 3.10 bits per heavy atom. The zero-order chi connectivity index (χ0) is 14.4. The van der Waals surface area contributed by atoms with E-state index in [1.165, 1.54) is 12.8 Å². The van der Waals surface area contributed by atoms with E-state index in [4.69, 9.17) is 5.73 Å². The fourth-order valence-corrected chi connectivity index (χ4v) is 3.45. The number of benzene rings is 1. The summed E-state index contributed by atoms with van der Waals surface area (Å²) in [6, 6.07) is 7.68. The minimum absolute atomic E-state index is 0.00708. The van der Waals surface area contributed by atoms with Crippen molar-refractivity contribution in [3.8, 4) is 11.8 Å². The normalized spacial score (nSPS) is 21.1. The lowest BCUT2D eigenvalue weighted by Crippen LogP contribution is -2.38. The second-order valence-corrected chi connectivity index (χ2v) is 5.95. The second kappa shape index (κ2) is 7.37. The van der Waals surface area contributed by atoms with Crippen LogP contribution in [0.3, 0.4) is 0 Å². The van der Waals surface area contributed by atoms with Gasteiger partial charge >= 0.3 is 0 Å². The highest BCUT2D eigenvalue weighted by Gasteiger charge is 2.27. The van der Waals surface area contributed by atoms with Gasteiger partial charge in [-0.25, -0.2) is 0 Å². The van der Waals surface area contributed by atoms with Crippen LogP contribution < -0.4 is 11.1 Å². The number of amides is 1. The number of carbonyl (C=O) groups excluding carboxylic acids is 1. The van der Waals surface area contributed by atoms with Crippen LogP contribution >= 0.6 is 11.8 Å². The Labute approximate surface area is 124 Å². The van der Waals surface area contributed by atoms with Crippen LogP contribution in [-0.4, -0.2) is 30.0 Å². The van der Waals surface area contributed by atoms with Crippen molar-refractivity contribution in [2.45, 2.75) is 30.6 Å². The smallest absolute Gasteiger partial charge is 0.251 e. The molecule has 20 heavy (non-hydrogen) atoms. The molecule has 1 aromatic carbocycles. The van der Waals surface area contributed by atoms with Crippen molar-refractivity contribution in [1.82, 2.24) is 5.32 Å². The molecule has 0 radical (unpaired) electrons. The first kappa shape index (κ1) is 15.0. The Balaban J connectivity index is 2.05. The highest BCUT2D eigenvalue weighted by Crippen LogP contribution is 2.28. The number of rotatable bonds is 3. The lowest BCUT2D eigenvalue weighted by molar-refractivity contribution is 0.0938. The van der Waals surface area contributed by atoms with Gasteiger partial charge in [-0.05, 0) is 37.3 Å². The van der Waals surface area contributed by atoms with Gasteiger partial charge < -0.3 is 11.1 Å². The van der Waals surface area contributed by atoms with E-state index in [1.54, 1.807) is 0 Å². The zero-order valence-electron chi connectivity index (χ0n) is 11.7. The predicted molar refractivity (Wildman–Crippen MR) is 84.8 cm³/mol. The Morgan fingerprint density at radius 1 is 1.50 bits per heavy atom. The summed E-state index contributed by atoms with van der Waals surface area (Å²) in [6.07, 6.45) is 5.56. The second-order valence-electron chi connectivity index (χ2n) is 4.87. The molecule has 4 heteroatoms. The van der Waals surface area contributed by atoms with Crippen LogP contribution in [0, 0.1) is 11.8 Å². The summed E-state index contributed by atoms with van der Waals surface area (Å²) >= 11 is 1.84. The molecule has 1 aliphatic carbocycles. The average molecular weight is 288 g/mol. The van der Waals surface area contributed by atoms with Gasteiger partial charge in [-0.3, -0.25) is 4.79 Å². The van der Waals surface area contributed by atoms with E-state index in [0.29, 0.717) is 17.4 Å². The third-order valence-electron chi connectivity index (χ3n) is 3.53.